The first-order chi connectivity index (χ1) is 16.6. The maximum absolute atomic E-state index is 12.5. The van der Waals surface area contributed by atoms with Gasteiger partial charge in [-0.15, -0.1) is 0 Å². The van der Waals surface area contributed by atoms with Crippen molar-refractivity contribution in [2.45, 2.75) is 20.4 Å². The first kappa shape index (κ1) is 21.6. The first-order valence-electron chi connectivity index (χ1n) is 11.3. The molecule has 0 aliphatic heterocycles. The Labute approximate surface area is 197 Å². The van der Waals surface area contributed by atoms with Gasteiger partial charge in [-0.2, -0.15) is 0 Å². The van der Waals surface area contributed by atoms with E-state index in [1.165, 1.54) is 10.8 Å². The van der Waals surface area contributed by atoms with Crippen LogP contribution in [0.4, 0.5) is 0 Å². The smallest absolute Gasteiger partial charge is 0.244 e. The van der Waals surface area contributed by atoms with Gasteiger partial charge in [0.1, 0.15) is 17.1 Å². The standard InChI is InChI=1S/C29H25NO4/c1-3-32-27-16-28-25(15-24(27)19(2)13-29(31)30-17-23-9-6-12-33-23)26(18-34-28)22-11-10-20-7-4-5-8-21(20)14-22/h4-16,18H,3,17H2,1-2H3,(H,30,31)/b19-13+. The number of hydrogen-bond acceptors (Lipinski definition) is 4. The fourth-order valence-electron chi connectivity index (χ4n) is 4.13. The van der Waals surface area contributed by atoms with Crippen LogP contribution in [0.25, 0.3) is 38.4 Å². The third-order valence-electron chi connectivity index (χ3n) is 5.83. The first-order valence-corrected chi connectivity index (χ1v) is 11.3. The van der Waals surface area contributed by atoms with Gasteiger partial charge >= 0.3 is 0 Å². The molecule has 2 heterocycles. The summed E-state index contributed by atoms with van der Waals surface area (Å²) >= 11 is 0. The molecule has 1 N–H and O–H groups in total. The van der Waals surface area contributed by atoms with Crippen molar-refractivity contribution in [3.8, 4) is 16.9 Å². The Morgan fingerprint density at radius 1 is 1.00 bits per heavy atom. The maximum Gasteiger partial charge on any atom is 0.244 e. The Kier molecular flexibility index (Phi) is 5.91. The minimum atomic E-state index is -0.196. The second-order valence-corrected chi connectivity index (χ2v) is 8.11. The van der Waals surface area contributed by atoms with Crippen LogP contribution in [-0.2, 0) is 11.3 Å². The van der Waals surface area contributed by atoms with Crippen LogP contribution in [0.15, 0.2) is 94.2 Å². The zero-order valence-electron chi connectivity index (χ0n) is 19.1. The molecule has 0 spiro atoms. The molecule has 170 valence electrons. The summed E-state index contributed by atoms with van der Waals surface area (Å²) in [7, 11) is 0. The molecule has 1 amide bonds. The van der Waals surface area contributed by atoms with Crippen LogP contribution < -0.4 is 10.1 Å². The van der Waals surface area contributed by atoms with Crippen molar-refractivity contribution >= 4 is 33.2 Å². The SMILES string of the molecule is CCOc1cc2occ(-c3ccc4ccccc4c3)c2cc1/C(C)=C/C(=O)NCc1ccco1. The summed E-state index contributed by atoms with van der Waals surface area (Å²) in [4.78, 5) is 12.5. The van der Waals surface area contributed by atoms with Crippen LogP contribution in [0.3, 0.4) is 0 Å². The van der Waals surface area contributed by atoms with E-state index >= 15 is 0 Å². The normalized spacial score (nSPS) is 11.8. The molecular formula is C29H25NO4. The van der Waals surface area contributed by atoms with E-state index in [0.29, 0.717) is 24.7 Å². The van der Waals surface area contributed by atoms with Gasteiger partial charge < -0.3 is 18.9 Å². The predicted molar refractivity (Wildman–Crippen MR) is 135 cm³/mol. The number of carbonyl (C=O) groups excluding carboxylic acids is 1. The molecule has 2 aromatic heterocycles. The summed E-state index contributed by atoms with van der Waals surface area (Å²) in [6.45, 7) is 4.69. The largest absolute Gasteiger partial charge is 0.493 e. The molecule has 0 aliphatic carbocycles. The average Bonchev–Trinajstić information content (AvgIpc) is 3.52. The lowest BCUT2D eigenvalue weighted by Gasteiger charge is -2.12. The Morgan fingerprint density at radius 3 is 2.65 bits per heavy atom. The minimum absolute atomic E-state index is 0.196. The molecule has 0 saturated heterocycles. The van der Waals surface area contributed by atoms with E-state index in [1.807, 2.05) is 44.2 Å². The van der Waals surface area contributed by atoms with Gasteiger partial charge in [-0.3, -0.25) is 4.79 Å². The molecule has 0 radical (unpaired) electrons. The summed E-state index contributed by atoms with van der Waals surface area (Å²) in [6, 6.07) is 22.2. The van der Waals surface area contributed by atoms with E-state index in [4.69, 9.17) is 13.6 Å². The Balaban J connectivity index is 1.52. The van der Waals surface area contributed by atoms with Crippen LogP contribution in [0, 0.1) is 0 Å². The van der Waals surface area contributed by atoms with Crippen molar-refractivity contribution in [3.63, 3.8) is 0 Å². The Hall–Kier alpha value is -4.25. The molecule has 5 aromatic rings. The van der Waals surface area contributed by atoms with Crippen LogP contribution in [-0.4, -0.2) is 12.5 Å². The predicted octanol–water partition coefficient (Wildman–Crippen LogP) is 6.96. The second-order valence-electron chi connectivity index (χ2n) is 8.11. The highest BCUT2D eigenvalue weighted by Gasteiger charge is 2.15. The number of rotatable bonds is 7. The molecule has 5 heteroatoms. The van der Waals surface area contributed by atoms with E-state index in [-0.39, 0.29) is 5.91 Å². The van der Waals surface area contributed by atoms with E-state index in [0.717, 1.165) is 33.2 Å². The second kappa shape index (κ2) is 9.32. The van der Waals surface area contributed by atoms with Gasteiger partial charge in [-0.05, 0) is 60.0 Å². The number of ether oxygens (including phenoxy) is 1. The number of benzene rings is 3. The highest BCUT2D eigenvalue weighted by atomic mass is 16.5. The lowest BCUT2D eigenvalue weighted by Crippen LogP contribution is -2.20. The molecule has 0 fully saturated rings. The van der Waals surface area contributed by atoms with E-state index < -0.39 is 0 Å². The molecule has 5 rings (SSSR count). The zero-order valence-corrected chi connectivity index (χ0v) is 19.1. The van der Waals surface area contributed by atoms with Crippen LogP contribution >= 0.6 is 0 Å². The summed E-state index contributed by atoms with van der Waals surface area (Å²) in [5.74, 6) is 1.19. The zero-order chi connectivity index (χ0) is 23.5. The molecule has 0 bridgehead atoms. The minimum Gasteiger partial charge on any atom is -0.493 e. The highest BCUT2D eigenvalue weighted by molar-refractivity contribution is 6.01. The van der Waals surface area contributed by atoms with Crippen LogP contribution in [0.5, 0.6) is 5.75 Å². The molecular weight excluding hydrogens is 426 g/mol. The maximum atomic E-state index is 12.5. The van der Waals surface area contributed by atoms with Crippen molar-refractivity contribution in [2.24, 2.45) is 0 Å². The number of fused-ring (bicyclic) bond motifs is 2. The van der Waals surface area contributed by atoms with Crippen molar-refractivity contribution < 1.29 is 18.4 Å². The third kappa shape index (κ3) is 4.33. The lowest BCUT2D eigenvalue weighted by atomic mass is 9.97. The van der Waals surface area contributed by atoms with Crippen molar-refractivity contribution in [1.82, 2.24) is 5.32 Å². The van der Waals surface area contributed by atoms with Crippen LogP contribution in [0.2, 0.25) is 0 Å². The van der Waals surface area contributed by atoms with Gasteiger partial charge in [-0.1, -0.05) is 36.4 Å². The number of nitrogens with one attached hydrogen (secondary N) is 1. The van der Waals surface area contributed by atoms with Crippen molar-refractivity contribution in [1.29, 1.82) is 0 Å². The van der Waals surface area contributed by atoms with Gasteiger partial charge in [0.05, 0.1) is 25.7 Å². The topological polar surface area (TPSA) is 64.6 Å². The van der Waals surface area contributed by atoms with Gasteiger partial charge in [-0.25, -0.2) is 0 Å². The average molecular weight is 452 g/mol. The van der Waals surface area contributed by atoms with E-state index in [9.17, 15) is 4.79 Å². The molecule has 0 aliphatic rings. The van der Waals surface area contributed by atoms with Crippen molar-refractivity contribution in [3.05, 3.63) is 96.7 Å². The number of amides is 1. The summed E-state index contributed by atoms with van der Waals surface area (Å²) in [5.41, 5.74) is 4.47. The molecule has 34 heavy (non-hydrogen) atoms. The number of carbonyl (C=O) groups is 1. The Bertz CT molecular complexity index is 1490. The fraction of sp³-hybridized carbons (Fsp3) is 0.138. The van der Waals surface area contributed by atoms with Crippen molar-refractivity contribution in [2.75, 3.05) is 6.61 Å². The number of allylic oxidation sites excluding steroid dienone is 1. The molecule has 5 nitrogen and oxygen atoms in total. The van der Waals surface area contributed by atoms with Gasteiger partial charge in [0, 0.05) is 28.7 Å². The molecule has 0 unspecified atom stereocenters. The van der Waals surface area contributed by atoms with Gasteiger partial charge in [0.25, 0.3) is 0 Å². The monoisotopic (exact) mass is 451 g/mol. The molecule has 3 aromatic carbocycles. The highest BCUT2D eigenvalue weighted by Crippen LogP contribution is 2.38. The summed E-state index contributed by atoms with van der Waals surface area (Å²) in [6.07, 6.45) is 4.95. The molecule has 0 atom stereocenters. The molecule has 0 saturated carbocycles. The Morgan fingerprint density at radius 2 is 1.85 bits per heavy atom. The number of hydrogen-bond donors (Lipinski definition) is 1. The van der Waals surface area contributed by atoms with Gasteiger partial charge in [0.15, 0.2) is 0 Å². The lowest BCUT2D eigenvalue weighted by molar-refractivity contribution is -0.116. The number of furan rings is 2. The summed E-state index contributed by atoms with van der Waals surface area (Å²) < 4.78 is 17.1. The summed E-state index contributed by atoms with van der Waals surface area (Å²) in [5, 5.41) is 6.19. The fourth-order valence-corrected chi connectivity index (χ4v) is 4.13. The quantitative estimate of drug-likeness (QED) is 0.272. The van der Waals surface area contributed by atoms with E-state index in [1.54, 1.807) is 24.7 Å². The van der Waals surface area contributed by atoms with E-state index in [2.05, 4.69) is 35.6 Å². The van der Waals surface area contributed by atoms with Gasteiger partial charge in [0.2, 0.25) is 5.91 Å². The van der Waals surface area contributed by atoms with Crippen LogP contribution in [0.1, 0.15) is 25.2 Å². The third-order valence-corrected chi connectivity index (χ3v) is 5.83.